The number of para-hydroxylation sites is 1. The van der Waals surface area contributed by atoms with Crippen molar-refractivity contribution in [2.75, 3.05) is 13.1 Å². The zero-order chi connectivity index (χ0) is 21.0. The van der Waals surface area contributed by atoms with E-state index in [1.807, 2.05) is 6.07 Å². The lowest BCUT2D eigenvalue weighted by Crippen LogP contribution is -2.36. The van der Waals surface area contributed by atoms with Crippen molar-refractivity contribution in [3.63, 3.8) is 0 Å². The first kappa shape index (κ1) is 21.2. The Labute approximate surface area is 171 Å². The molecule has 0 saturated heterocycles. The van der Waals surface area contributed by atoms with E-state index in [-0.39, 0.29) is 30.3 Å². The minimum atomic E-state index is -1.12. The van der Waals surface area contributed by atoms with Gasteiger partial charge in [-0.15, -0.1) is 5.10 Å². The molecule has 0 spiro atoms. The van der Waals surface area contributed by atoms with Crippen LogP contribution in [-0.2, 0) is 24.3 Å². The average Bonchev–Trinajstić information content (AvgIpc) is 3.12. The third kappa shape index (κ3) is 5.10. The summed E-state index contributed by atoms with van der Waals surface area (Å²) in [5, 5.41) is 18.5. The van der Waals surface area contributed by atoms with Crippen LogP contribution in [0.3, 0.4) is 0 Å². The van der Waals surface area contributed by atoms with Crippen molar-refractivity contribution >= 4 is 18.7 Å². The van der Waals surface area contributed by atoms with E-state index in [0.717, 1.165) is 24.3 Å². The zero-order valence-corrected chi connectivity index (χ0v) is 17.2. The highest BCUT2D eigenvalue weighted by Crippen LogP contribution is 2.36. The molecule has 29 heavy (non-hydrogen) atoms. The smallest absolute Gasteiger partial charge is 0.526 e. The van der Waals surface area contributed by atoms with Gasteiger partial charge in [-0.2, -0.15) is 0 Å². The van der Waals surface area contributed by atoms with Gasteiger partial charge in [0.05, 0.1) is 17.5 Å². The van der Waals surface area contributed by atoms with Crippen molar-refractivity contribution in [1.82, 2.24) is 19.9 Å². The molecule has 0 fully saturated rings. The van der Waals surface area contributed by atoms with Gasteiger partial charge in [-0.3, -0.25) is 14.5 Å². The van der Waals surface area contributed by atoms with Gasteiger partial charge < -0.3 is 9.68 Å². The predicted molar refractivity (Wildman–Crippen MR) is 109 cm³/mol. The normalized spacial score (nSPS) is 15.9. The number of carbonyl (C=O) groups excluding carboxylic acids is 2. The van der Waals surface area contributed by atoms with Crippen molar-refractivity contribution in [2.24, 2.45) is 0 Å². The number of rotatable bonds is 9. The quantitative estimate of drug-likeness (QED) is 0.508. The van der Waals surface area contributed by atoms with Crippen LogP contribution < -0.4 is 4.65 Å². The number of nitrogens with zero attached hydrogens (tertiary/aromatic N) is 4. The lowest BCUT2D eigenvalue weighted by molar-refractivity contribution is -0.120. The summed E-state index contributed by atoms with van der Waals surface area (Å²) in [6, 6.07) is 5.34. The minimum Gasteiger partial charge on any atom is -0.535 e. The molecule has 1 atom stereocenters. The molecule has 0 radical (unpaired) electrons. The Bertz CT molecular complexity index is 881. The van der Waals surface area contributed by atoms with Crippen LogP contribution in [0.2, 0.25) is 5.82 Å². The first-order valence-corrected chi connectivity index (χ1v) is 10.0. The second-order valence-electron chi connectivity index (χ2n) is 7.43. The molecule has 2 aromatic rings. The van der Waals surface area contributed by atoms with E-state index >= 15 is 0 Å². The van der Waals surface area contributed by atoms with E-state index < -0.39 is 7.12 Å². The summed E-state index contributed by atoms with van der Waals surface area (Å²) in [6.07, 6.45) is 2.43. The number of Topliss-reactive ketones (excluding diaryl/α,β-unsaturated/α-hetero) is 2. The van der Waals surface area contributed by atoms with E-state index in [4.69, 9.17) is 4.65 Å². The van der Waals surface area contributed by atoms with Gasteiger partial charge in [0.15, 0.2) is 11.6 Å². The maximum atomic E-state index is 12.5. The Hall–Kier alpha value is -2.52. The van der Waals surface area contributed by atoms with Gasteiger partial charge in [-0.05, 0) is 38.1 Å². The number of carbonyl (C=O) groups is 2. The van der Waals surface area contributed by atoms with Crippen LogP contribution in [0.15, 0.2) is 24.4 Å². The number of hydrogen-bond donors (Lipinski definition) is 1. The number of fused-ring (bicyclic) bond motifs is 1. The molecule has 0 aliphatic carbocycles. The maximum Gasteiger partial charge on any atom is 0.526 e. The van der Waals surface area contributed by atoms with E-state index in [9.17, 15) is 14.6 Å². The molecule has 3 rings (SSSR count). The van der Waals surface area contributed by atoms with Crippen molar-refractivity contribution in [1.29, 1.82) is 0 Å². The summed E-state index contributed by atoms with van der Waals surface area (Å²) in [6.45, 7) is 8.30. The molecule has 8 nitrogen and oxygen atoms in total. The van der Waals surface area contributed by atoms with E-state index in [2.05, 4.69) is 29.1 Å². The molecule has 0 unspecified atom stereocenters. The van der Waals surface area contributed by atoms with Crippen LogP contribution in [0.4, 0.5) is 0 Å². The molecule has 1 N–H and O–H groups in total. The van der Waals surface area contributed by atoms with Crippen LogP contribution >= 0.6 is 0 Å². The van der Waals surface area contributed by atoms with Crippen LogP contribution in [0, 0.1) is 0 Å². The largest absolute Gasteiger partial charge is 0.535 e. The summed E-state index contributed by atoms with van der Waals surface area (Å²) < 4.78 is 7.14. The van der Waals surface area contributed by atoms with Crippen LogP contribution in [0.5, 0.6) is 5.75 Å². The number of ketones is 2. The summed E-state index contributed by atoms with van der Waals surface area (Å²) in [5.74, 6) is -0.109. The average molecular weight is 398 g/mol. The molecule has 0 bridgehead atoms. The van der Waals surface area contributed by atoms with Gasteiger partial charge in [-0.1, -0.05) is 31.2 Å². The lowest BCUT2D eigenvalue weighted by atomic mass is 9.64. The van der Waals surface area contributed by atoms with Gasteiger partial charge in [0.2, 0.25) is 0 Å². The van der Waals surface area contributed by atoms with Gasteiger partial charge in [0.25, 0.3) is 0 Å². The van der Waals surface area contributed by atoms with Gasteiger partial charge in [0, 0.05) is 18.8 Å². The Morgan fingerprint density at radius 3 is 2.79 bits per heavy atom. The van der Waals surface area contributed by atoms with Crippen molar-refractivity contribution in [3.05, 3.63) is 41.2 Å². The first-order chi connectivity index (χ1) is 13.9. The van der Waals surface area contributed by atoms with Crippen LogP contribution in [0.1, 0.15) is 48.8 Å². The Kier molecular flexibility index (Phi) is 6.81. The molecular formula is C20H27BN4O4. The molecule has 9 heteroatoms. The highest BCUT2D eigenvalue weighted by atomic mass is 16.5. The maximum absolute atomic E-state index is 12.5. The highest BCUT2D eigenvalue weighted by molar-refractivity contribution is 6.47. The van der Waals surface area contributed by atoms with Crippen molar-refractivity contribution in [2.45, 2.75) is 52.5 Å². The van der Waals surface area contributed by atoms with Crippen molar-refractivity contribution in [3.8, 4) is 5.75 Å². The molecular weight excluding hydrogens is 371 g/mol. The topological polar surface area (TPSA) is 97.6 Å². The highest BCUT2D eigenvalue weighted by Gasteiger charge is 2.37. The number of aromatic nitrogens is 3. The number of hydrogen-bond acceptors (Lipinski definition) is 7. The summed E-state index contributed by atoms with van der Waals surface area (Å²) >= 11 is 0. The molecule has 1 aliphatic heterocycles. The molecule has 0 amide bonds. The van der Waals surface area contributed by atoms with Crippen LogP contribution in [0.25, 0.3) is 0 Å². The standard InChI is InChI=1S/C20H27BN4O4/c1-4-24(5-2)11-17-12-25(23-22-17)13-18(27)10-16-9-15-7-6-8-19(14(3)26)20(15)29-21(16)28/h6-8,12,16,28H,4-5,9-11,13H2,1-3H3/t16-/m1/s1. The Balaban J connectivity index is 1.61. The summed E-state index contributed by atoms with van der Waals surface area (Å²) in [7, 11) is -1.12. The second kappa shape index (κ2) is 9.32. The summed E-state index contributed by atoms with van der Waals surface area (Å²) in [4.78, 5) is 26.5. The Morgan fingerprint density at radius 2 is 2.10 bits per heavy atom. The predicted octanol–water partition coefficient (Wildman–Crippen LogP) is 1.77. The van der Waals surface area contributed by atoms with E-state index in [0.29, 0.717) is 24.3 Å². The van der Waals surface area contributed by atoms with Gasteiger partial charge in [0.1, 0.15) is 12.3 Å². The fourth-order valence-electron chi connectivity index (χ4n) is 3.64. The van der Waals surface area contributed by atoms with Gasteiger partial charge >= 0.3 is 7.12 Å². The van der Waals surface area contributed by atoms with E-state index in [1.54, 1.807) is 23.0 Å². The monoisotopic (exact) mass is 398 g/mol. The molecule has 1 aromatic heterocycles. The molecule has 154 valence electrons. The molecule has 0 saturated carbocycles. The second-order valence-corrected chi connectivity index (χ2v) is 7.43. The fourth-order valence-corrected chi connectivity index (χ4v) is 3.64. The fraction of sp³-hybridized carbons (Fsp3) is 0.500. The molecule has 2 heterocycles. The lowest BCUT2D eigenvalue weighted by Gasteiger charge is -2.28. The third-order valence-electron chi connectivity index (χ3n) is 5.29. The number of benzene rings is 1. The van der Waals surface area contributed by atoms with E-state index in [1.165, 1.54) is 6.92 Å². The van der Waals surface area contributed by atoms with Gasteiger partial charge in [-0.25, -0.2) is 4.68 Å². The third-order valence-corrected chi connectivity index (χ3v) is 5.29. The zero-order valence-electron chi connectivity index (χ0n) is 17.2. The molecule has 1 aliphatic rings. The minimum absolute atomic E-state index is 0.0527. The Morgan fingerprint density at radius 1 is 1.34 bits per heavy atom. The first-order valence-electron chi connectivity index (χ1n) is 10.0. The van der Waals surface area contributed by atoms with Crippen molar-refractivity contribution < 1.29 is 19.3 Å². The summed E-state index contributed by atoms with van der Waals surface area (Å²) in [5.41, 5.74) is 2.12. The molecule has 1 aromatic carbocycles. The SMILES string of the molecule is CCN(CC)Cc1cn(CC(=O)C[C@H]2Cc3cccc(C(C)=O)c3OB2O)nn1. The van der Waals surface area contributed by atoms with Crippen LogP contribution in [-0.4, -0.2) is 56.7 Å².